The third kappa shape index (κ3) is 2.16. The van der Waals surface area contributed by atoms with Crippen LogP contribution in [0.3, 0.4) is 0 Å². The first-order valence-electron chi connectivity index (χ1n) is 9.91. The van der Waals surface area contributed by atoms with Gasteiger partial charge < -0.3 is 4.42 Å². The van der Waals surface area contributed by atoms with Crippen LogP contribution in [0.1, 0.15) is 5.56 Å². The average molecular weight is 377 g/mol. The molecule has 0 amide bonds. The van der Waals surface area contributed by atoms with Crippen molar-refractivity contribution in [2.24, 2.45) is 14.1 Å². The van der Waals surface area contributed by atoms with Crippen molar-refractivity contribution in [2.75, 3.05) is 0 Å². The number of imidazole rings is 1. The highest BCUT2D eigenvalue weighted by Crippen LogP contribution is 2.41. The molecule has 2 aromatic heterocycles. The molecule has 3 nitrogen and oxygen atoms in total. The topological polar surface area (TPSA) is 21.9 Å². The van der Waals surface area contributed by atoms with Crippen LogP contribution in [0.4, 0.5) is 0 Å². The van der Waals surface area contributed by atoms with Crippen LogP contribution < -0.4 is 4.57 Å². The van der Waals surface area contributed by atoms with E-state index < -0.39 is 0 Å². The first-order valence-corrected chi connectivity index (χ1v) is 9.91. The fraction of sp³-hybridized carbons (Fsp3) is 0.115. The van der Waals surface area contributed by atoms with E-state index in [0.717, 1.165) is 27.9 Å². The highest BCUT2D eigenvalue weighted by atomic mass is 16.3. The van der Waals surface area contributed by atoms with E-state index in [9.17, 15) is 0 Å². The third-order valence-corrected chi connectivity index (χ3v) is 6.13. The number of rotatable bonds is 1. The summed E-state index contributed by atoms with van der Waals surface area (Å²) in [5, 5.41) is 7.20. The van der Waals surface area contributed by atoms with E-state index in [4.69, 9.17) is 4.42 Å². The van der Waals surface area contributed by atoms with Gasteiger partial charge in [0.05, 0.1) is 14.1 Å². The highest BCUT2D eigenvalue weighted by Gasteiger charge is 2.24. The zero-order valence-corrected chi connectivity index (χ0v) is 16.7. The molecule has 0 aliphatic heterocycles. The Balaban J connectivity index is 1.85. The molecule has 0 N–H and O–H groups in total. The SMILES string of the molecule is Cc1ccc2c(oc3c2ccc2ccc4ccccc4c23)c1-c1n(C)cc[n+]1C. The number of aromatic nitrogens is 2. The summed E-state index contributed by atoms with van der Waals surface area (Å²) in [7, 11) is 4.17. The molecule has 140 valence electrons. The Kier molecular flexibility index (Phi) is 3.22. The van der Waals surface area contributed by atoms with Crippen LogP contribution in [0, 0.1) is 6.92 Å². The van der Waals surface area contributed by atoms with Crippen molar-refractivity contribution in [1.29, 1.82) is 0 Å². The molecule has 0 atom stereocenters. The first kappa shape index (κ1) is 16.4. The molecule has 29 heavy (non-hydrogen) atoms. The maximum Gasteiger partial charge on any atom is 0.292 e. The first-order chi connectivity index (χ1) is 14.1. The van der Waals surface area contributed by atoms with Gasteiger partial charge in [0.1, 0.15) is 23.5 Å². The summed E-state index contributed by atoms with van der Waals surface area (Å²) < 4.78 is 11.0. The second kappa shape index (κ2) is 5.71. The van der Waals surface area contributed by atoms with Gasteiger partial charge in [-0.3, -0.25) is 0 Å². The van der Waals surface area contributed by atoms with Crippen LogP contribution in [0.15, 0.2) is 77.5 Å². The van der Waals surface area contributed by atoms with Crippen molar-refractivity contribution >= 4 is 43.5 Å². The van der Waals surface area contributed by atoms with Crippen LogP contribution in [-0.4, -0.2) is 4.57 Å². The molecule has 6 rings (SSSR count). The lowest BCUT2D eigenvalue weighted by atomic mass is 9.98. The number of furan rings is 1. The fourth-order valence-electron chi connectivity index (χ4n) is 4.70. The number of nitrogens with zero attached hydrogens (tertiary/aromatic N) is 2. The van der Waals surface area contributed by atoms with Crippen LogP contribution in [0.5, 0.6) is 0 Å². The summed E-state index contributed by atoms with van der Waals surface area (Å²) >= 11 is 0. The maximum atomic E-state index is 6.69. The van der Waals surface area contributed by atoms with Gasteiger partial charge in [-0.05, 0) is 34.7 Å². The van der Waals surface area contributed by atoms with Gasteiger partial charge in [-0.25, -0.2) is 9.13 Å². The van der Waals surface area contributed by atoms with E-state index in [1.165, 1.54) is 32.5 Å². The van der Waals surface area contributed by atoms with Gasteiger partial charge in [-0.2, -0.15) is 0 Å². The van der Waals surface area contributed by atoms with E-state index in [1.54, 1.807) is 0 Å². The molecular formula is C26H21N2O+. The summed E-state index contributed by atoms with van der Waals surface area (Å²) in [5.74, 6) is 1.14. The minimum absolute atomic E-state index is 0.956. The van der Waals surface area contributed by atoms with Gasteiger partial charge in [0.2, 0.25) is 0 Å². The van der Waals surface area contributed by atoms with Gasteiger partial charge in [-0.15, -0.1) is 0 Å². The minimum Gasteiger partial charge on any atom is -0.454 e. The van der Waals surface area contributed by atoms with Crippen molar-refractivity contribution in [3.05, 3.63) is 78.6 Å². The largest absolute Gasteiger partial charge is 0.454 e. The normalized spacial score (nSPS) is 12.0. The Morgan fingerprint density at radius 2 is 1.52 bits per heavy atom. The van der Waals surface area contributed by atoms with E-state index in [1.807, 2.05) is 0 Å². The lowest BCUT2D eigenvalue weighted by Gasteiger charge is -2.04. The Hall–Kier alpha value is -3.59. The minimum atomic E-state index is 0.956. The van der Waals surface area contributed by atoms with Crippen molar-refractivity contribution in [3.8, 4) is 11.4 Å². The molecule has 0 aliphatic rings. The average Bonchev–Trinajstić information content (AvgIpc) is 3.27. The lowest BCUT2D eigenvalue weighted by molar-refractivity contribution is -0.659. The van der Waals surface area contributed by atoms with E-state index in [-0.39, 0.29) is 0 Å². The van der Waals surface area contributed by atoms with Gasteiger partial charge in [-0.1, -0.05) is 54.6 Å². The summed E-state index contributed by atoms with van der Waals surface area (Å²) in [4.78, 5) is 0. The fourth-order valence-corrected chi connectivity index (χ4v) is 4.70. The summed E-state index contributed by atoms with van der Waals surface area (Å²) in [6, 6.07) is 21.7. The van der Waals surface area contributed by atoms with Crippen LogP contribution in [0.2, 0.25) is 0 Å². The van der Waals surface area contributed by atoms with Gasteiger partial charge in [0.15, 0.2) is 5.58 Å². The predicted octanol–water partition coefficient (Wildman–Crippen LogP) is 6.03. The van der Waals surface area contributed by atoms with Gasteiger partial charge in [0.25, 0.3) is 5.82 Å². The molecule has 0 spiro atoms. The van der Waals surface area contributed by atoms with E-state index in [0.29, 0.717) is 0 Å². The molecule has 0 fully saturated rings. The second-order valence-electron chi connectivity index (χ2n) is 7.91. The monoisotopic (exact) mass is 377 g/mol. The molecule has 4 aromatic carbocycles. The Labute approximate surface area is 168 Å². The van der Waals surface area contributed by atoms with Crippen LogP contribution in [-0.2, 0) is 14.1 Å². The maximum absolute atomic E-state index is 6.69. The molecule has 2 heterocycles. The molecule has 0 saturated heterocycles. The summed E-state index contributed by atoms with van der Waals surface area (Å²) in [5.41, 5.74) is 4.29. The zero-order chi connectivity index (χ0) is 19.7. The number of benzene rings is 4. The van der Waals surface area contributed by atoms with E-state index in [2.05, 4.69) is 103 Å². The Bertz CT molecular complexity index is 1560. The van der Waals surface area contributed by atoms with Crippen molar-refractivity contribution < 1.29 is 8.98 Å². The summed E-state index contributed by atoms with van der Waals surface area (Å²) in [6.07, 6.45) is 4.17. The standard InChI is InChI=1S/C26H21N2O/c1-16-8-12-20-21-13-11-18-10-9-17-6-4-5-7-19(17)23(18)25(21)29-24(20)22(16)26-27(2)14-15-28(26)3/h4-15H,1-3H3/q+1. The molecule has 0 saturated carbocycles. The van der Waals surface area contributed by atoms with Crippen molar-refractivity contribution in [3.63, 3.8) is 0 Å². The summed E-state index contributed by atoms with van der Waals surface area (Å²) in [6.45, 7) is 2.16. The smallest absolute Gasteiger partial charge is 0.292 e. The molecule has 0 bridgehead atoms. The quantitative estimate of drug-likeness (QED) is 0.253. The molecule has 0 aliphatic carbocycles. The Morgan fingerprint density at radius 3 is 2.34 bits per heavy atom. The van der Waals surface area contributed by atoms with Gasteiger partial charge >= 0.3 is 0 Å². The second-order valence-corrected chi connectivity index (χ2v) is 7.91. The Morgan fingerprint density at radius 1 is 0.793 bits per heavy atom. The van der Waals surface area contributed by atoms with Crippen LogP contribution >= 0.6 is 0 Å². The molecular weight excluding hydrogens is 356 g/mol. The third-order valence-electron chi connectivity index (χ3n) is 6.13. The number of aryl methyl sites for hydroxylation is 3. The molecule has 0 radical (unpaired) electrons. The van der Waals surface area contributed by atoms with Crippen molar-refractivity contribution in [2.45, 2.75) is 6.92 Å². The lowest BCUT2D eigenvalue weighted by Crippen LogP contribution is -2.29. The number of hydrogen-bond acceptors (Lipinski definition) is 1. The molecule has 3 heteroatoms. The molecule has 6 aromatic rings. The highest BCUT2D eigenvalue weighted by molar-refractivity contribution is 6.23. The predicted molar refractivity (Wildman–Crippen MR) is 119 cm³/mol. The van der Waals surface area contributed by atoms with Crippen LogP contribution in [0.25, 0.3) is 54.9 Å². The van der Waals surface area contributed by atoms with Crippen molar-refractivity contribution in [1.82, 2.24) is 4.57 Å². The number of hydrogen-bond donors (Lipinski definition) is 0. The number of fused-ring (bicyclic) bond motifs is 7. The van der Waals surface area contributed by atoms with Gasteiger partial charge in [0, 0.05) is 16.2 Å². The molecule has 0 unspecified atom stereocenters. The zero-order valence-electron chi connectivity index (χ0n) is 16.7. The van der Waals surface area contributed by atoms with E-state index >= 15 is 0 Å².